The third-order valence-electron chi connectivity index (χ3n) is 5.86. The highest BCUT2D eigenvalue weighted by Crippen LogP contribution is 2.55. The average molecular weight is 402 g/mol. The minimum Gasteiger partial charge on any atom is -0.478 e. The number of likely N-dealkylation sites (tertiary alicyclic amines) is 1. The first-order valence-corrected chi connectivity index (χ1v) is 9.96. The molecule has 1 aromatic rings. The Morgan fingerprint density at radius 3 is 2.00 bits per heavy atom. The summed E-state index contributed by atoms with van der Waals surface area (Å²) in [5.74, 6) is -1.91. The number of hydrogen-bond acceptors (Lipinski definition) is 4. The van der Waals surface area contributed by atoms with Crippen molar-refractivity contribution in [2.75, 3.05) is 6.54 Å². The van der Waals surface area contributed by atoms with Gasteiger partial charge in [0, 0.05) is 24.2 Å². The number of piperidine rings is 1. The molecule has 2 fully saturated rings. The molecule has 3 unspecified atom stereocenters. The van der Waals surface area contributed by atoms with Crippen molar-refractivity contribution >= 4 is 17.8 Å². The van der Waals surface area contributed by atoms with Crippen LogP contribution in [0.15, 0.2) is 42.5 Å². The number of carbonyl (C=O) groups excluding carboxylic acids is 1. The van der Waals surface area contributed by atoms with Crippen molar-refractivity contribution in [3.8, 4) is 0 Å². The zero-order valence-corrected chi connectivity index (χ0v) is 17.0. The molecule has 1 aromatic carbocycles. The van der Waals surface area contributed by atoms with Crippen molar-refractivity contribution in [1.29, 1.82) is 0 Å². The van der Waals surface area contributed by atoms with Crippen LogP contribution in [0.5, 0.6) is 0 Å². The lowest BCUT2D eigenvalue weighted by Crippen LogP contribution is -2.52. The van der Waals surface area contributed by atoms with E-state index in [0.717, 1.165) is 24.8 Å². The third-order valence-corrected chi connectivity index (χ3v) is 5.86. The number of amides is 1. The maximum atomic E-state index is 13.3. The van der Waals surface area contributed by atoms with Crippen molar-refractivity contribution < 1.29 is 24.6 Å². The third kappa shape index (κ3) is 5.23. The van der Waals surface area contributed by atoms with Crippen molar-refractivity contribution in [3.63, 3.8) is 0 Å². The summed E-state index contributed by atoms with van der Waals surface area (Å²) in [6, 6.07) is 10.9. The van der Waals surface area contributed by atoms with E-state index < -0.39 is 11.9 Å². The van der Waals surface area contributed by atoms with Gasteiger partial charge >= 0.3 is 11.9 Å². The van der Waals surface area contributed by atoms with Gasteiger partial charge in [0.2, 0.25) is 5.91 Å². The van der Waals surface area contributed by atoms with Gasteiger partial charge in [-0.15, -0.1) is 0 Å². The van der Waals surface area contributed by atoms with Crippen LogP contribution in [0, 0.1) is 5.92 Å². The van der Waals surface area contributed by atoms with Crippen LogP contribution in [0.25, 0.3) is 0 Å². The van der Waals surface area contributed by atoms with Crippen molar-refractivity contribution in [3.05, 3.63) is 48.0 Å². The molecule has 4 atom stereocenters. The van der Waals surface area contributed by atoms with Crippen molar-refractivity contribution in [1.82, 2.24) is 4.90 Å². The molecular formula is C22H30N2O5. The molecule has 1 aliphatic heterocycles. The molecule has 0 radical (unpaired) electrons. The summed E-state index contributed by atoms with van der Waals surface area (Å²) >= 11 is 0. The molecule has 0 aromatic heterocycles. The fraction of sp³-hybridized carbons (Fsp3) is 0.500. The van der Waals surface area contributed by atoms with Gasteiger partial charge in [-0.25, -0.2) is 9.59 Å². The van der Waals surface area contributed by atoms with Gasteiger partial charge in [-0.05, 0) is 57.6 Å². The number of aliphatic carboxylic acids is 2. The van der Waals surface area contributed by atoms with Gasteiger partial charge in [0.1, 0.15) is 0 Å². The molecule has 29 heavy (non-hydrogen) atoms. The molecule has 0 spiro atoms. The van der Waals surface area contributed by atoms with Crippen LogP contribution in [-0.4, -0.2) is 51.6 Å². The standard InChI is InChI=1S/C18H26N2O.C4H4O4/c1-13-7-6-8-14(2)20(13)17(21)18(11-16(18)12-19)15-9-4-3-5-10-15;5-3(6)1-2-4(7)8/h3-5,9-10,13-14,16H,6-8,11-12,19H2,1-2H3;1-2H,(H,5,6)(H,7,8)/b;2-1+/t13?,14?,16?,18-;/m1./s1. The van der Waals surface area contributed by atoms with Gasteiger partial charge in [-0.3, -0.25) is 4.79 Å². The van der Waals surface area contributed by atoms with Crippen LogP contribution in [-0.2, 0) is 19.8 Å². The summed E-state index contributed by atoms with van der Waals surface area (Å²) in [5, 5.41) is 15.6. The Bertz CT molecular complexity index is 738. The van der Waals surface area contributed by atoms with Gasteiger partial charge in [-0.2, -0.15) is 0 Å². The Labute approximate surface area is 171 Å². The lowest BCUT2D eigenvalue weighted by Gasteiger charge is -2.41. The van der Waals surface area contributed by atoms with Gasteiger partial charge in [0.25, 0.3) is 0 Å². The van der Waals surface area contributed by atoms with E-state index >= 15 is 0 Å². The summed E-state index contributed by atoms with van der Waals surface area (Å²) in [6.45, 7) is 4.97. The van der Waals surface area contributed by atoms with Crippen LogP contribution in [0.1, 0.15) is 45.1 Å². The summed E-state index contributed by atoms with van der Waals surface area (Å²) in [4.78, 5) is 34.6. The number of hydrogen-bond donors (Lipinski definition) is 3. The first-order valence-electron chi connectivity index (χ1n) is 9.96. The van der Waals surface area contributed by atoms with Crippen LogP contribution < -0.4 is 5.73 Å². The number of nitrogens with two attached hydrogens (primary N) is 1. The Morgan fingerprint density at radius 2 is 1.59 bits per heavy atom. The van der Waals surface area contributed by atoms with Crippen LogP contribution in [0.4, 0.5) is 0 Å². The minimum atomic E-state index is -1.26. The lowest BCUT2D eigenvalue weighted by molar-refractivity contribution is -0.140. The highest BCUT2D eigenvalue weighted by molar-refractivity contribution is 5.92. The maximum absolute atomic E-state index is 13.3. The monoisotopic (exact) mass is 402 g/mol. The second-order valence-corrected chi connectivity index (χ2v) is 7.83. The van der Waals surface area contributed by atoms with E-state index in [4.69, 9.17) is 15.9 Å². The van der Waals surface area contributed by atoms with Gasteiger partial charge in [0.15, 0.2) is 0 Å². The largest absolute Gasteiger partial charge is 0.478 e. The SMILES string of the molecule is CC1CCCC(C)N1C(=O)[C@@]1(c2ccccc2)CC1CN.O=C(O)/C=C/C(=O)O. The van der Waals surface area contributed by atoms with E-state index in [2.05, 4.69) is 30.9 Å². The second-order valence-electron chi connectivity index (χ2n) is 7.83. The smallest absolute Gasteiger partial charge is 0.328 e. The Morgan fingerprint density at radius 1 is 1.07 bits per heavy atom. The maximum Gasteiger partial charge on any atom is 0.328 e. The number of carbonyl (C=O) groups is 3. The molecular weight excluding hydrogens is 372 g/mol. The molecule has 158 valence electrons. The summed E-state index contributed by atoms with van der Waals surface area (Å²) in [6.07, 6.45) is 5.49. The Balaban J connectivity index is 0.000000321. The van der Waals surface area contributed by atoms with E-state index in [-0.39, 0.29) is 5.41 Å². The van der Waals surface area contributed by atoms with Gasteiger partial charge < -0.3 is 20.8 Å². The van der Waals surface area contributed by atoms with Crippen LogP contribution in [0.2, 0.25) is 0 Å². The molecule has 7 nitrogen and oxygen atoms in total. The normalized spacial score (nSPS) is 28.4. The minimum absolute atomic E-state index is 0.300. The van der Waals surface area contributed by atoms with E-state index in [1.54, 1.807) is 0 Å². The molecule has 7 heteroatoms. The molecule has 2 aliphatic rings. The zero-order valence-electron chi connectivity index (χ0n) is 17.0. The highest BCUT2D eigenvalue weighted by Gasteiger charge is 2.62. The molecule has 1 amide bonds. The van der Waals surface area contributed by atoms with E-state index in [1.807, 2.05) is 18.2 Å². The number of benzene rings is 1. The topological polar surface area (TPSA) is 121 Å². The molecule has 1 saturated heterocycles. The highest BCUT2D eigenvalue weighted by atomic mass is 16.4. The lowest BCUT2D eigenvalue weighted by atomic mass is 9.88. The fourth-order valence-corrected chi connectivity index (χ4v) is 4.28. The van der Waals surface area contributed by atoms with E-state index in [1.165, 1.54) is 6.42 Å². The molecule has 1 aliphatic carbocycles. The van der Waals surface area contributed by atoms with Crippen molar-refractivity contribution in [2.45, 2.75) is 57.0 Å². The van der Waals surface area contributed by atoms with E-state index in [0.29, 0.717) is 42.6 Å². The number of carboxylic acids is 2. The van der Waals surface area contributed by atoms with Crippen LogP contribution in [0.3, 0.4) is 0 Å². The fourth-order valence-electron chi connectivity index (χ4n) is 4.28. The summed E-state index contributed by atoms with van der Waals surface area (Å²) in [5.41, 5.74) is 6.71. The van der Waals surface area contributed by atoms with Gasteiger partial charge in [0.05, 0.1) is 5.41 Å². The molecule has 4 N–H and O–H groups in total. The first kappa shape index (κ1) is 22.6. The van der Waals surface area contributed by atoms with E-state index in [9.17, 15) is 14.4 Å². The first-order chi connectivity index (χ1) is 13.7. The van der Waals surface area contributed by atoms with Gasteiger partial charge in [-0.1, -0.05) is 30.3 Å². The number of nitrogens with zero attached hydrogens (tertiary/aromatic N) is 1. The molecule has 3 rings (SSSR count). The van der Waals surface area contributed by atoms with Crippen LogP contribution >= 0.6 is 0 Å². The quantitative estimate of drug-likeness (QED) is 0.650. The Kier molecular flexibility index (Phi) is 7.56. The summed E-state index contributed by atoms with van der Waals surface area (Å²) in [7, 11) is 0. The molecule has 1 heterocycles. The second kappa shape index (κ2) is 9.69. The average Bonchev–Trinajstić information content (AvgIpc) is 3.43. The number of carboxylic acid groups (broad SMARTS) is 2. The Hall–Kier alpha value is -2.67. The summed E-state index contributed by atoms with van der Waals surface area (Å²) < 4.78 is 0. The zero-order chi connectivity index (χ0) is 21.6. The predicted molar refractivity (Wildman–Crippen MR) is 109 cm³/mol. The predicted octanol–water partition coefficient (Wildman–Crippen LogP) is 2.40. The van der Waals surface area contributed by atoms with Crippen molar-refractivity contribution in [2.24, 2.45) is 11.7 Å². The number of rotatable bonds is 5. The molecule has 1 saturated carbocycles. The molecule has 0 bridgehead atoms.